The monoisotopic (exact) mass is 368 g/mol. The fourth-order valence-electron chi connectivity index (χ4n) is 3.23. The summed E-state index contributed by atoms with van der Waals surface area (Å²) in [7, 11) is 1.56. The van der Waals surface area contributed by atoms with Crippen LogP contribution in [0.25, 0.3) is 0 Å². The second kappa shape index (κ2) is 8.12. The van der Waals surface area contributed by atoms with E-state index in [1.807, 2.05) is 56.3 Å². The smallest absolute Gasteiger partial charge is 0.229 e. The summed E-state index contributed by atoms with van der Waals surface area (Å²) in [5.74, 6) is 0.533. The molecule has 0 radical (unpaired) electrons. The van der Waals surface area contributed by atoms with Crippen LogP contribution in [0.2, 0.25) is 0 Å². The molecule has 2 amide bonds. The molecule has 2 aromatic carbocycles. The predicted molar refractivity (Wildman–Crippen MR) is 104 cm³/mol. The molecule has 6 heteroatoms. The normalized spacial score (nSPS) is 16.3. The van der Waals surface area contributed by atoms with Crippen LogP contribution >= 0.6 is 0 Å². The minimum atomic E-state index is -0.433. The number of nitrogens with one attached hydrogen (secondary N) is 1. The highest BCUT2D eigenvalue weighted by molar-refractivity contribution is 6.04. The van der Waals surface area contributed by atoms with E-state index < -0.39 is 5.92 Å². The fourth-order valence-corrected chi connectivity index (χ4v) is 3.23. The SMILES string of the molecule is CCOc1ccccc1N1CC(C(=O)Nc2cc(C)ccc2OC)CC1=O. The van der Waals surface area contributed by atoms with Crippen molar-refractivity contribution in [3.05, 3.63) is 48.0 Å². The molecule has 0 saturated carbocycles. The molecule has 1 aliphatic heterocycles. The van der Waals surface area contributed by atoms with Crippen molar-refractivity contribution in [2.75, 3.05) is 30.5 Å². The van der Waals surface area contributed by atoms with Gasteiger partial charge in [-0.1, -0.05) is 18.2 Å². The number of carbonyl (C=O) groups excluding carboxylic acids is 2. The number of benzene rings is 2. The van der Waals surface area contributed by atoms with Crippen molar-refractivity contribution in [2.24, 2.45) is 5.92 Å². The maximum absolute atomic E-state index is 12.8. The molecule has 1 atom stereocenters. The lowest BCUT2D eigenvalue weighted by Gasteiger charge is -2.20. The van der Waals surface area contributed by atoms with Crippen molar-refractivity contribution in [1.29, 1.82) is 0 Å². The van der Waals surface area contributed by atoms with Gasteiger partial charge in [-0.25, -0.2) is 0 Å². The maximum atomic E-state index is 12.8. The number of hydrogen-bond acceptors (Lipinski definition) is 4. The number of nitrogens with zero attached hydrogens (tertiary/aromatic N) is 1. The Morgan fingerprint density at radius 1 is 1.22 bits per heavy atom. The van der Waals surface area contributed by atoms with Gasteiger partial charge in [-0.2, -0.15) is 0 Å². The van der Waals surface area contributed by atoms with Gasteiger partial charge in [0, 0.05) is 13.0 Å². The second-order valence-electron chi connectivity index (χ2n) is 6.50. The molecule has 0 bridgehead atoms. The number of aryl methyl sites for hydroxylation is 1. The van der Waals surface area contributed by atoms with E-state index in [-0.39, 0.29) is 18.2 Å². The van der Waals surface area contributed by atoms with Crippen LogP contribution in [-0.4, -0.2) is 32.1 Å². The summed E-state index contributed by atoms with van der Waals surface area (Å²) in [6.45, 7) is 4.67. The van der Waals surface area contributed by atoms with Crippen LogP contribution in [-0.2, 0) is 9.59 Å². The number of hydrogen-bond donors (Lipinski definition) is 1. The highest BCUT2D eigenvalue weighted by Gasteiger charge is 2.36. The fraction of sp³-hybridized carbons (Fsp3) is 0.333. The Morgan fingerprint density at radius 2 is 2.00 bits per heavy atom. The lowest BCUT2D eigenvalue weighted by atomic mass is 10.1. The first-order valence-electron chi connectivity index (χ1n) is 9.01. The molecule has 142 valence electrons. The van der Waals surface area contributed by atoms with Gasteiger partial charge in [-0.05, 0) is 43.7 Å². The summed E-state index contributed by atoms with van der Waals surface area (Å²) < 4.78 is 10.9. The first-order valence-corrected chi connectivity index (χ1v) is 9.01. The Morgan fingerprint density at radius 3 is 2.74 bits per heavy atom. The van der Waals surface area contributed by atoms with Crippen molar-refractivity contribution in [1.82, 2.24) is 0 Å². The van der Waals surface area contributed by atoms with Gasteiger partial charge >= 0.3 is 0 Å². The Hall–Kier alpha value is -3.02. The third-order valence-corrected chi connectivity index (χ3v) is 4.56. The van der Waals surface area contributed by atoms with Gasteiger partial charge in [0.1, 0.15) is 11.5 Å². The summed E-state index contributed by atoms with van der Waals surface area (Å²) in [4.78, 5) is 26.9. The number of para-hydroxylation sites is 2. The van der Waals surface area contributed by atoms with Gasteiger partial charge in [0.05, 0.1) is 31.0 Å². The zero-order chi connectivity index (χ0) is 19.4. The average molecular weight is 368 g/mol. The molecule has 1 N–H and O–H groups in total. The van der Waals surface area contributed by atoms with Crippen LogP contribution in [0.4, 0.5) is 11.4 Å². The topological polar surface area (TPSA) is 67.9 Å². The highest BCUT2D eigenvalue weighted by Crippen LogP contribution is 2.34. The average Bonchev–Trinajstić information content (AvgIpc) is 3.04. The van der Waals surface area contributed by atoms with Crippen LogP contribution in [0.1, 0.15) is 18.9 Å². The zero-order valence-electron chi connectivity index (χ0n) is 15.8. The van der Waals surface area contributed by atoms with E-state index in [9.17, 15) is 9.59 Å². The summed E-state index contributed by atoms with van der Waals surface area (Å²) in [5.41, 5.74) is 2.33. The first-order chi connectivity index (χ1) is 13.0. The van der Waals surface area contributed by atoms with Crippen LogP contribution < -0.4 is 19.7 Å². The van der Waals surface area contributed by atoms with Gasteiger partial charge < -0.3 is 19.7 Å². The standard InChI is InChI=1S/C21H24N2O4/c1-4-27-19-8-6-5-7-17(19)23-13-15(12-20(23)24)21(25)22-16-11-14(2)9-10-18(16)26-3/h5-11,15H,4,12-13H2,1-3H3,(H,22,25). The van der Waals surface area contributed by atoms with Gasteiger partial charge in [0.15, 0.2) is 0 Å². The van der Waals surface area contributed by atoms with E-state index in [0.29, 0.717) is 36.0 Å². The van der Waals surface area contributed by atoms with Gasteiger partial charge in [-0.3, -0.25) is 9.59 Å². The number of methoxy groups -OCH3 is 1. The van der Waals surface area contributed by atoms with Crippen LogP contribution in [0.5, 0.6) is 11.5 Å². The Bertz CT molecular complexity index is 850. The molecule has 1 fully saturated rings. The van der Waals surface area contributed by atoms with Gasteiger partial charge in [-0.15, -0.1) is 0 Å². The third kappa shape index (κ3) is 4.05. The molecule has 1 heterocycles. The van der Waals surface area contributed by atoms with Gasteiger partial charge in [0.25, 0.3) is 0 Å². The second-order valence-corrected chi connectivity index (χ2v) is 6.50. The zero-order valence-corrected chi connectivity index (χ0v) is 15.8. The Labute approximate surface area is 159 Å². The minimum absolute atomic E-state index is 0.0847. The molecule has 3 rings (SSSR count). The first kappa shape index (κ1) is 18.8. The van der Waals surface area contributed by atoms with E-state index in [0.717, 1.165) is 5.56 Å². The minimum Gasteiger partial charge on any atom is -0.495 e. The van der Waals surface area contributed by atoms with Crippen molar-refractivity contribution < 1.29 is 19.1 Å². The van der Waals surface area contributed by atoms with E-state index >= 15 is 0 Å². The summed E-state index contributed by atoms with van der Waals surface area (Å²) in [6, 6.07) is 13.0. The molecule has 6 nitrogen and oxygen atoms in total. The number of rotatable bonds is 6. The molecule has 27 heavy (non-hydrogen) atoms. The quantitative estimate of drug-likeness (QED) is 0.849. The Balaban J connectivity index is 1.76. The van der Waals surface area contributed by atoms with E-state index in [4.69, 9.17) is 9.47 Å². The van der Waals surface area contributed by atoms with Crippen molar-refractivity contribution in [2.45, 2.75) is 20.3 Å². The molecule has 1 saturated heterocycles. The summed E-state index contributed by atoms with van der Waals surface area (Å²) in [5, 5.41) is 2.90. The molecular weight excluding hydrogens is 344 g/mol. The van der Waals surface area contributed by atoms with Gasteiger partial charge in [0.2, 0.25) is 11.8 Å². The van der Waals surface area contributed by atoms with Crippen molar-refractivity contribution >= 4 is 23.2 Å². The molecule has 2 aromatic rings. The number of ether oxygens (including phenoxy) is 2. The van der Waals surface area contributed by atoms with Crippen LogP contribution in [0.15, 0.2) is 42.5 Å². The van der Waals surface area contributed by atoms with E-state index in [1.54, 1.807) is 12.0 Å². The number of carbonyl (C=O) groups is 2. The largest absolute Gasteiger partial charge is 0.495 e. The summed E-state index contributed by atoms with van der Waals surface area (Å²) >= 11 is 0. The lowest BCUT2D eigenvalue weighted by Crippen LogP contribution is -2.28. The predicted octanol–water partition coefficient (Wildman–Crippen LogP) is 3.39. The molecule has 0 aliphatic carbocycles. The number of amides is 2. The molecule has 0 spiro atoms. The lowest BCUT2D eigenvalue weighted by molar-refractivity contribution is -0.122. The maximum Gasteiger partial charge on any atom is 0.229 e. The van der Waals surface area contributed by atoms with Crippen LogP contribution in [0.3, 0.4) is 0 Å². The third-order valence-electron chi connectivity index (χ3n) is 4.56. The van der Waals surface area contributed by atoms with Crippen LogP contribution in [0, 0.1) is 12.8 Å². The van der Waals surface area contributed by atoms with Crippen molar-refractivity contribution in [3.8, 4) is 11.5 Å². The number of anilines is 2. The molecule has 1 aliphatic rings. The van der Waals surface area contributed by atoms with E-state index in [2.05, 4.69) is 5.32 Å². The molecule has 1 unspecified atom stereocenters. The summed E-state index contributed by atoms with van der Waals surface area (Å²) in [6.07, 6.45) is 0.167. The highest BCUT2D eigenvalue weighted by atomic mass is 16.5. The molecule has 0 aromatic heterocycles. The molecular formula is C21H24N2O4. The van der Waals surface area contributed by atoms with Crippen molar-refractivity contribution in [3.63, 3.8) is 0 Å². The Kier molecular flexibility index (Phi) is 5.64. The van der Waals surface area contributed by atoms with E-state index in [1.165, 1.54) is 0 Å².